The second-order valence-electron chi connectivity index (χ2n) is 14.3. The van der Waals surface area contributed by atoms with E-state index in [1.54, 1.807) is 0 Å². The van der Waals surface area contributed by atoms with E-state index in [2.05, 4.69) is 121 Å². The fourth-order valence-corrected chi connectivity index (χ4v) is 8.04. The number of aromatic nitrogens is 3. The Labute approximate surface area is 325 Å². The van der Waals surface area contributed by atoms with Crippen LogP contribution in [0.25, 0.3) is 78.0 Å². The molecule has 266 valence electrons. The standard InChI is InChI=1S/C52H37N3O/c1-4-15-37(16-5-1)43(44-25-14-22-38-17-10-11-23-42(38)44)32-29-35-27-30-36(31-28-35)41-33-46(49-45-24-12-13-26-47(45)56-48(49)34-41)52-54-50(39-18-6-2-7-19-39)53-51(55-52)40-20-8-3-9-21-40/h1-28,30-31,33-34,43H,29,32H2. The maximum atomic E-state index is 6.54. The highest BCUT2D eigenvalue weighted by Crippen LogP contribution is 2.40. The second kappa shape index (κ2) is 14.6. The molecule has 0 amide bonds. The van der Waals surface area contributed by atoms with Gasteiger partial charge in [-0.1, -0.05) is 176 Å². The Hall–Kier alpha value is -7.17. The lowest BCUT2D eigenvalue weighted by atomic mass is 9.84. The predicted octanol–water partition coefficient (Wildman–Crippen LogP) is 13.4. The van der Waals surface area contributed by atoms with E-state index in [0.717, 1.165) is 62.6 Å². The Bertz CT molecular complexity index is 2890. The molecule has 56 heavy (non-hydrogen) atoms. The largest absolute Gasteiger partial charge is 0.456 e. The summed E-state index contributed by atoms with van der Waals surface area (Å²) in [5.74, 6) is 2.14. The van der Waals surface area contributed by atoms with Crippen molar-refractivity contribution >= 4 is 32.7 Å². The molecule has 0 N–H and O–H groups in total. The van der Waals surface area contributed by atoms with Crippen molar-refractivity contribution in [1.82, 2.24) is 15.0 Å². The average Bonchev–Trinajstić information content (AvgIpc) is 3.66. The summed E-state index contributed by atoms with van der Waals surface area (Å²) in [5.41, 5.74) is 10.6. The smallest absolute Gasteiger partial charge is 0.164 e. The molecule has 0 fully saturated rings. The van der Waals surface area contributed by atoms with Gasteiger partial charge in [-0.3, -0.25) is 0 Å². The van der Waals surface area contributed by atoms with Gasteiger partial charge in [-0.15, -0.1) is 0 Å². The third-order valence-corrected chi connectivity index (χ3v) is 10.8. The minimum absolute atomic E-state index is 0.280. The molecule has 8 aromatic carbocycles. The highest BCUT2D eigenvalue weighted by Gasteiger charge is 2.20. The van der Waals surface area contributed by atoms with E-state index in [9.17, 15) is 0 Å². The minimum atomic E-state index is 0.280. The molecule has 0 saturated carbocycles. The first-order chi connectivity index (χ1) is 27.7. The summed E-state index contributed by atoms with van der Waals surface area (Å²) in [7, 11) is 0. The van der Waals surface area contributed by atoms with Crippen LogP contribution in [0.4, 0.5) is 0 Å². The van der Waals surface area contributed by atoms with Gasteiger partial charge < -0.3 is 4.42 Å². The zero-order valence-corrected chi connectivity index (χ0v) is 30.7. The zero-order valence-electron chi connectivity index (χ0n) is 30.7. The fourth-order valence-electron chi connectivity index (χ4n) is 8.04. The normalized spacial score (nSPS) is 12.0. The fraction of sp³-hybridized carbons (Fsp3) is 0.0577. The lowest BCUT2D eigenvalue weighted by Crippen LogP contribution is -2.04. The van der Waals surface area contributed by atoms with Crippen molar-refractivity contribution in [3.05, 3.63) is 211 Å². The molecule has 10 aromatic rings. The number of hydrogen-bond acceptors (Lipinski definition) is 4. The molecular weight excluding hydrogens is 683 g/mol. The van der Waals surface area contributed by atoms with Gasteiger partial charge in [-0.2, -0.15) is 0 Å². The summed E-state index contributed by atoms with van der Waals surface area (Å²) in [6, 6.07) is 68.1. The summed E-state index contributed by atoms with van der Waals surface area (Å²) in [6.07, 6.45) is 1.95. The molecule has 4 heteroatoms. The van der Waals surface area contributed by atoms with Crippen molar-refractivity contribution in [2.24, 2.45) is 0 Å². The second-order valence-corrected chi connectivity index (χ2v) is 14.3. The predicted molar refractivity (Wildman–Crippen MR) is 229 cm³/mol. The number of nitrogens with zero attached hydrogens (tertiary/aromatic N) is 3. The Morgan fingerprint density at radius 3 is 1.73 bits per heavy atom. The summed E-state index contributed by atoms with van der Waals surface area (Å²) in [5, 5.41) is 4.62. The molecule has 2 heterocycles. The minimum Gasteiger partial charge on any atom is -0.456 e. The van der Waals surface area contributed by atoms with Gasteiger partial charge in [-0.05, 0) is 69.6 Å². The highest BCUT2D eigenvalue weighted by atomic mass is 16.3. The molecule has 1 unspecified atom stereocenters. The van der Waals surface area contributed by atoms with Gasteiger partial charge in [0.05, 0.1) is 0 Å². The van der Waals surface area contributed by atoms with Crippen LogP contribution >= 0.6 is 0 Å². The van der Waals surface area contributed by atoms with E-state index >= 15 is 0 Å². The molecule has 0 radical (unpaired) electrons. The van der Waals surface area contributed by atoms with Gasteiger partial charge in [0.15, 0.2) is 17.5 Å². The number of hydrogen-bond donors (Lipinski definition) is 0. The molecule has 2 aromatic heterocycles. The van der Waals surface area contributed by atoms with Crippen LogP contribution in [0.5, 0.6) is 0 Å². The molecule has 1 atom stereocenters. The number of rotatable bonds is 9. The molecular formula is C52H37N3O. The van der Waals surface area contributed by atoms with Gasteiger partial charge in [0, 0.05) is 33.4 Å². The number of para-hydroxylation sites is 1. The summed E-state index contributed by atoms with van der Waals surface area (Å²) in [6.45, 7) is 0. The molecule has 0 aliphatic rings. The van der Waals surface area contributed by atoms with E-state index in [4.69, 9.17) is 19.4 Å². The molecule has 0 aliphatic heterocycles. The highest BCUT2D eigenvalue weighted by molar-refractivity contribution is 6.13. The van der Waals surface area contributed by atoms with Crippen LogP contribution in [-0.2, 0) is 6.42 Å². The molecule has 0 bridgehead atoms. The Morgan fingerprint density at radius 1 is 0.429 bits per heavy atom. The van der Waals surface area contributed by atoms with E-state index in [1.807, 2.05) is 72.8 Å². The van der Waals surface area contributed by atoms with Crippen molar-refractivity contribution in [3.8, 4) is 45.3 Å². The Kier molecular flexibility index (Phi) is 8.69. The van der Waals surface area contributed by atoms with E-state index in [1.165, 1.54) is 27.5 Å². The van der Waals surface area contributed by atoms with Crippen LogP contribution in [0.3, 0.4) is 0 Å². The maximum absolute atomic E-state index is 6.54. The first kappa shape index (κ1) is 33.4. The van der Waals surface area contributed by atoms with Crippen LogP contribution in [-0.4, -0.2) is 15.0 Å². The quantitative estimate of drug-likeness (QED) is 0.149. The maximum Gasteiger partial charge on any atom is 0.164 e. The van der Waals surface area contributed by atoms with E-state index < -0.39 is 0 Å². The monoisotopic (exact) mass is 719 g/mol. The SMILES string of the molecule is c1ccc(-c2nc(-c3ccccc3)nc(-c3cc(-c4ccc(CCC(c5ccccc5)c5cccc6ccccc56)cc4)cc4oc5ccccc5c34)n2)cc1. The third-order valence-electron chi connectivity index (χ3n) is 10.8. The molecule has 10 rings (SSSR count). The van der Waals surface area contributed by atoms with Crippen LogP contribution < -0.4 is 0 Å². The van der Waals surface area contributed by atoms with Crippen molar-refractivity contribution in [3.63, 3.8) is 0 Å². The van der Waals surface area contributed by atoms with E-state index in [-0.39, 0.29) is 5.92 Å². The van der Waals surface area contributed by atoms with Gasteiger partial charge in [0.2, 0.25) is 0 Å². The van der Waals surface area contributed by atoms with Crippen LogP contribution in [0.2, 0.25) is 0 Å². The molecule has 0 aliphatic carbocycles. The number of aryl methyl sites for hydroxylation is 1. The first-order valence-electron chi connectivity index (χ1n) is 19.2. The summed E-state index contributed by atoms with van der Waals surface area (Å²) < 4.78 is 6.54. The first-order valence-corrected chi connectivity index (χ1v) is 19.2. The molecule has 4 nitrogen and oxygen atoms in total. The van der Waals surface area contributed by atoms with Crippen molar-refractivity contribution < 1.29 is 4.42 Å². The lowest BCUT2D eigenvalue weighted by molar-refractivity contribution is 0.669. The lowest BCUT2D eigenvalue weighted by Gasteiger charge is -2.20. The average molecular weight is 720 g/mol. The van der Waals surface area contributed by atoms with Crippen LogP contribution in [0.15, 0.2) is 199 Å². The van der Waals surface area contributed by atoms with Crippen molar-refractivity contribution in [2.45, 2.75) is 18.8 Å². The van der Waals surface area contributed by atoms with Crippen molar-refractivity contribution in [2.75, 3.05) is 0 Å². The summed E-state index contributed by atoms with van der Waals surface area (Å²) in [4.78, 5) is 15.2. The number of furan rings is 1. The molecule has 0 saturated heterocycles. The van der Waals surface area contributed by atoms with Gasteiger partial charge >= 0.3 is 0 Å². The Morgan fingerprint density at radius 2 is 1.02 bits per heavy atom. The van der Waals surface area contributed by atoms with Gasteiger partial charge in [0.25, 0.3) is 0 Å². The Balaban J connectivity index is 1.04. The zero-order chi connectivity index (χ0) is 37.3. The number of fused-ring (bicyclic) bond motifs is 4. The van der Waals surface area contributed by atoms with Crippen molar-refractivity contribution in [1.29, 1.82) is 0 Å². The van der Waals surface area contributed by atoms with E-state index in [0.29, 0.717) is 17.5 Å². The van der Waals surface area contributed by atoms with Crippen LogP contribution in [0.1, 0.15) is 29.0 Å². The summed E-state index contributed by atoms with van der Waals surface area (Å²) >= 11 is 0. The van der Waals surface area contributed by atoms with Gasteiger partial charge in [0.1, 0.15) is 11.2 Å². The topological polar surface area (TPSA) is 51.8 Å². The van der Waals surface area contributed by atoms with Crippen LogP contribution in [0, 0.1) is 0 Å². The number of benzene rings is 8. The molecule has 0 spiro atoms. The van der Waals surface area contributed by atoms with Gasteiger partial charge in [-0.25, -0.2) is 15.0 Å². The third kappa shape index (κ3) is 6.41.